The molecule has 0 radical (unpaired) electrons. The number of ether oxygens (including phenoxy) is 1. The summed E-state index contributed by atoms with van der Waals surface area (Å²) in [6.07, 6.45) is -0.426. The van der Waals surface area contributed by atoms with Crippen molar-refractivity contribution in [3.05, 3.63) is 54.1 Å². The minimum absolute atomic E-state index is 0.198. The number of rotatable bonds is 7. The van der Waals surface area contributed by atoms with E-state index < -0.39 is 24.2 Å². The highest BCUT2D eigenvalue weighted by Gasteiger charge is 2.16. The Labute approximate surface area is 162 Å². The van der Waals surface area contributed by atoms with Crippen molar-refractivity contribution in [2.75, 3.05) is 22.6 Å². The molecule has 0 heterocycles. The summed E-state index contributed by atoms with van der Waals surface area (Å²) in [7, 11) is 0. The molecule has 0 fully saturated rings. The molecule has 0 aliphatic rings. The minimum Gasteiger partial charge on any atom is -0.462 e. The number of benzene rings is 2. The van der Waals surface area contributed by atoms with Gasteiger partial charge in [0, 0.05) is 18.3 Å². The van der Waals surface area contributed by atoms with Crippen molar-refractivity contribution in [3.63, 3.8) is 0 Å². The molecule has 0 aliphatic carbocycles. The average molecular weight is 383 g/mol. The predicted molar refractivity (Wildman–Crippen MR) is 105 cm³/mol. The first kappa shape index (κ1) is 20.6. The highest BCUT2D eigenvalue weighted by atomic mass is 16.5. The predicted octanol–water partition coefficient (Wildman–Crippen LogP) is 2.79. The van der Waals surface area contributed by atoms with Gasteiger partial charge in [0.2, 0.25) is 17.7 Å². The van der Waals surface area contributed by atoms with E-state index in [1.807, 2.05) is 0 Å². The molecule has 0 saturated carbocycles. The second kappa shape index (κ2) is 9.86. The van der Waals surface area contributed by atoms with Gasteiger partial charge >= 0.3 is 5.97 Å². The molecule has 3 N–H and O–H groups in total. The van der Waals surface area contributed by atoms with Gasteiger partial charge in [0.05, 0.1) is 17.9 Å². The van der Waals surface area contributed by atoms with Crippen molar-refractivity contribution in [2.45, 2.75) is 20.3 Å². The largest absolute Gasteiger partial charge is 0.462 e. The summed E-state index contributed by atoms with van der Waals surface area (Å²) in [6.45, 7) is 3.30. The van der Waals surface area contributed by atoms with Crippen LogP contribution < -0.4 is 16.0 Å². The second-order valence-electron chi connectivity index (χ2n) is 5.80. The zero-order chi connectivity index (χ0) is 20.5. The lowest BCUT2D eigenvalue weighted by Crippen LogP contribution is -2.22. The fourth-order valence-electron chi connectivity index (χ4n) is 2.36. The molecule has 2 aromatic carbocycles. The number of nitrogens with one attached hydrogen (secondary N) is 3. The zero-order valence-corrected chi connectivity index (χ0v) is 15.6. The van der Waals surface area contributed by atoms with Gasteiger partial charge in [0.15, 0.2) is 0 Å². The van der Waals surface area contributed by atoms with Crippen LogP contribution in [-0.2, 0) is 19.1 Å². The molecule has 2 aromatic rings. The van der Waals surface area contributed by atoms with Crippen molar-refractivity contribution in [2.24, 2.45) is 0 Å². The van der Waals surface area contributed by atoms with E-state index in [0.29, 0.717) is 11.4 Å². The van der Waals surface area contributed by atoms with Gasteiger partial charge in [-0.05, 0) is 43.3 Å². The van der Waals surface area contributed by atoms with Crippen LogP contribution in [0.1, 0.15) is 30.6 Å². The molecule has 0 atom stereocenters. The number of hydrogen-bond acceptors (Lipinski definition) is 5. The molecule has 0 unspecified atom stereocenters. The summed E-state index contributed by atoms with van der Waals surface area (Å²) in [4.78, 5) is 47.1. The van der Waals surface area contributed by atoms with Crippen LogP contribution in [0.4, 0.5) is 17.1 Å². The zero-order valence-electron chi connectivity index (χ0n) is 15.6. The molecular formula is C20H21N3O5. The standard InChI is InChI=1S/C20H21N3O5/c1-3-28-20(27)16-6-4-5-7-17(16)23-19(26)12-18(25)22-15-10-8-14(9-11-15)21-13(2)24/h4-11H,3,12H2,1-2H3,(H,21,24)(H,22,25)(H,23,26). The quantitative estimate of drug-likeness (QED) is 0.503. The highest BCUT2D eigenvalue weighted by molar-refractivity contribution is 6.10. The summed E-state index contributed by atoms with van der Waals surface area (Å²) in [6, 6.07) is 12.9. The molecule has 0 bridgehead atoms. The molecule has 8 heteroatoms. The van der Waals surface area contributed by atoms with Gasteiger partial charge < -0.3 is 20.7 Å². The SMILES string of the molecule is CCOC(=O)c1ccccc1NC(=O)CC(=O)Nc1ccc(NC(C)=O)cc1. The summed E-state index contributed by atoms with van der Waals surface area (Å²) in [5, 5.41) is 7.76. The third-order valence-corrected chi connectivity index (χ3v) is 3.51. The van der Waals surface area contributed by atoms with Gasteiger partial charge in [-0.15, -0.1) is 0 Å². The van der Waals surface area contributed by atoms with Crippen LogP contribution in [0.3, 0.4) is 0 Å². The van der Waals surface area contributed by atoms with Gasteiger partial charge in [-0.1, -0.05) is 12.1 Å². The van der Waals surface area contributed by atoms with Gasteiger partial charge in [0.1, 0.15) is 6.42 Å². The van der Waals surface area contributed by atoms with Crippen LogP contribution in [-0.4, -0.2) is 30.3 Å². The molecule has 3 amide bonds. The maximum Gasteiger partial charge on any atom is 0.340 e. The Morgan fingerprint density at radius 2 is 1.39 bits per heavy atom. The number of anilines is 3. The number of carbonyl (C=O) groups is 4. The van der Waals surface area contributed by atoms with Gasteiger partial charge in [0.25, 0.3) is 0 Å². The molecule has 0 aliphatic heterocycles. The van der Waals surface area contributed by atoms with Crippen molar-refractivity contribution in [1.82, 2.24) is 0 Å². The lowest BCUT2D eigenvalue weighted by Gasteiger charge is -2.10. The fourth-order valence-corrected chi connectivity index (χ4v) is 2.36. The Morgan fingerprint density at radius 1 is 0.821 bits per heavy atom. The number of esters is 1. The number of para-hydroxylation sites is 1. The Morgan fingerprint density at radius 3 is 2.00 bits per heavy atom. The summed E-state index contributed by atoms with van der Waals surface area (Å²) in [5.41, 5.74) is 1.57. The van der Waals surface area contributed by atoms with Crippen LogP contribution in [0.15, 0.2) is 48.5 Å². The van der Waals surface area contributed by atoms with E-state index >= 15 is 0 Å². The molecular weight excluding hydrogens is 362 g/mol. The monoisotopic (exact) mass is 383 g/mol. The summed E-state index contributed by atoms with van der Waals surface area (Å²) >= 11 is 0. The maximum absolute atomic E-state index is 12.1. The maximum atomic E-state index is 12.1. The molecule has 28 heavy (non-hydrogen) atoms. The molecule has 8 nitrogen and oxygen atoms in total. The first-order valence-electron chi connectivity index (χ1n) is 8.62. The fraction of sp³-hybridized carbons (Fsp3) is 0.200. The number of hydrogen-bond donors (Lipinski definition) is 3. The lowest BCUT2D eigenvalue weighted by atomic mass is 10.1. The van der Waals surface area contributed by atoms with E-state index in [2.05, 4.69) is 16.0 Å². The van der Waals surface area contributed by atoms with Crippen molar-refractivity contribution in [1.29, 1.82) is 0 Å². The minimum atomic E-state index is -0.566. The molecule has 2 rings (SSSR count). The normalized spacial score (nSPS) is 9.93. The van der Waals surface area contributed by atoms with Crippen LogP contribution in [0.2, 0.25) is 0 Å². The van der Waals surface area contributed by atoms with Gasteiger partial charge in [-0.25, -0.2) is 4.79 Å². The first-order chi connectivity index (χ1) is 13.4. The smallest absolute Gasteiger partial charge is 0.340 e. The lowest BCUT2D eigenvalue weighted by molar-refractivity contribution is -0.123. The molecule has 0 spiro atoms. The topological polar surface area (TPSA) is 114 Å². The van der Waals surface area contributed by atoms with E-state index in [-0.39, 0.29) is 23.8 Å². The van der Waals surface area contributed by atoms with Crippen molar-refractivity contribution >= 4 is 40.8 Å². The number of amides is 3. The van der Waals surface area contributed by atoms with E-state index in [0.717, 1.165) is 0 Å². The van der Waals surface area contributed by atoms with Gasteiger partial charge in [-0.3, -0.25) is 14.4 Å². The average Bonchev–Trinajstić information content (AvgIpc) is 2.63. The number of carbonyl (C=O) groups excluding carboxylic acids is 4. The van der Waals surface area contributed by atoms with Crippen LogP contribution in [0.25, 0.3) is 0 Å². The van der Waals surface area contributed by atoms with E-state index in [9.17, 15) is 19.2 Å². The van der Waals surface area contributed by atoms with Crippen LogP contribution >= 0.6 is 0 Å². The Kier molecular flexibility index (Phi) is 7.27. The van der Waals surface area contributed by atoms with E-state index in [1.165, 1.54) is 13.0 Å². The van der Waals surface area contributed by atoms with Crippen LogP contribution in [0, 0.1) is 0 Å². The molecule has 0 aromatic heterocycles. The van der Waals surface area contributed by atoms with E-state index in [1.54, 1.807) is 49.4 Å². The molecule has 0 saturated heterocycles. The second-order valence-corrected chi connectivity index (χ2v) is 5.80. The Balaban J connectivity index is 1.94. The third kappa shape index (κ3) is 6.24. The Hall–Kier alpha value is -3.68. The van der Waals surface area contributed by atoms with Gasteiger partial charge in [-0.2, -0.15) is 0 Å². The summed E-state index contributed by atoms with van der Waals surface area (Å²) < 4.78 is 4.95. The highest BCUT2D eigenvalue weighted by Crippen LogP contribution is 2.17. The first-order valence-corrected chi connectivity index (χ1v) is 8.62. The summed E-state index contributed by atoms with van der Waals surface area (Å²) in [5.74, 6) is -1.83. The van der Waals surface area contributed by atoms with E-state index in [4.69, 9.17) is 4.74 Å². The van der Waals surface area contributed by atoms with Crippen LogP contribution in [0.5, 0.6) is 0 Å². The Bertz CT molecular complexity index is 878. The van der Waals surface area contributed by atoms with Crippen molar-refractivity contribution in [3.8, 4) is 0 Å². The molecule has 146 valence electrons. The van der Waals surface area contributed by atoms with Crippen molar-refractivity contribution < 1.29 is 23.9 Å². The third-order valence-electron chi connectivity index (χ3n) is 3.51.